The van der Waals surface area contributed by atoms with Crippen LogP contribution in [0.2, 0.25) is 0 Å². The standard InChI is InChI=1S/C12H14N2O3S/c13-6-8-1-2-10-9(5-8)14(4-3-12(16)17)11(15)7-18-10/h1-2,5H,3-4,6-7,13H2,(H,16,17). The Hall–Kier alpha value is -1.53. The Morgan fingerprint density at radius 3 is 2.94 bits per heavy atom. The number of nitrogens with zero attached hydrogens (tertiary/aromatic N) is 1. The van der Waals surface area contributed by atoms with Crippen molar-refractivity contribution in [3.05, 3.63) is 23.8 Å². The molecule has 3 N–H and O–H groups in total. The van der Waals surface area contributed by atoms with Crippen LogP contribution in [0, 0.1) is 0 Å². The molecule has 0 unspecified atom stereocenters. The summed E-state index contributed by atoms with van der Waals surface area (Å²) in [7, 11) is 0. The van der Waals surface area contributed by atoms with Crippen molar-refractivity contribution < 1.29 is 14.7 Å². The lowest BCUT2D eigenvalue weighted by Gasteiger charge is -2.29. The predicted octanol–water partition coefficient (Wildman–Crippen LogP) is 1.06. The summed E-state index contributed by atoms with van der Waals surface area (Å²) in [5, 5.41) is 8.72. The summed E-state index contributed by atoms with van der Waals surface area (Å²) >= 11 is 1.47. The number of carbonyl (C=O) groups excluding carboxylic acids is 1. The molecule has 96 valence electrons. The molecule has 18 heavy (non-hydrogen) atoms. The van der Waals surface area contributed by atoms with E-state index in [9.17, 15) is 9.59 Å². The Morgan fingerprint density at radius 2 is 2.28 bits per heavy atom. The van der Waals surface area contributed by atoms with Gasteiger partial charge in [0.25, 0.3) is 0 Å². The van der Waals surface area contributed by atoms with Gasteiger partial charge >= 0.3 is 5.97 Å². The van der Waals surface area contributed by atoms with Crippen LogP contribution in [0.3, 0.4) is 0 Å². The maximum absolute atomic E-state index is 11.9. The van der Waals surface area contributed by atoms with E-state index in [0.29, 0.717) is 12.3 Å². The van der Waals surface area contributed by atoms with Gasteiger partial charge in [-0.1, -0.05) is 6.07 Å². The minimum Gasteiger partial charge on any atom is -0.481 e. The third kappa shape index (κ3) is 2.65. The molecule has 2 rings (SSSR count). The number of thioether (sulfide) groups is 1. The van der Waals surface area contributed by atoms with Crippen LogP contribution in [0.5, 0.6) is 0 Å². The maximum atomic E-state index is 11.9. The smallest absolute Gasteiger partial charge is 0.305 e. The van der Waals surface area contributed by atoms with Crippen LogP contribution in [-0.4, -0.2) is 29.3 Å². The van der Waals surface area contributed by atoms with Crippen molar-refractivity contribution in [3.8, 4) is 0 Å². The fraction of sp³-hybridized carbons (Fsp3) is 0.333. The van der Waals surface area contributed by atoms with Crippen molar-refractivity contribution in [2.45, 2.75) is 17.9 Å². The normalized spacial score (nSPS) is 14.5. The number of carboxylic acid groups (broad SMARTS) is 1. The summed E-state index contributed by atoms with van der Waals surface area (Å²) in [6.45, 7) is 0.606. The number of nitrogens with two attached hydrogens (primary N) is 1. The highest BCUT2D eigenvalue weighted by Crippen LogP contribution is 2.35. The molecule has 0 aromatic heterocycles. The second-order valence-corrected chi connectivity index (χ2v) is 5.00. The molecule has 1 aliphatic rings. The van der Waals surface area contributed by atoms with Gasteiger partial charge in [-0.2, -0.15) is 0 Å². The van der Waals surface area contributed by atoms with Gasteiger partial charge in [0.05, 0.1) is 17.9 Å². The number of rotatable bonds is 4. The molecule has 1 aromatic carbocycles. The summed E-state index contributed by atoms with van der Waals surface area (Å²) in [6.07, 6.45) is -0.0529. The second-order valence-electron chi connectivity index (χ2n) is 3.98. The van der Waals surface area contributed by atoms with E-state index in [4.69, 9.17) is 10.8 Å². The largest absolute Gasteiger partial charge is 0.481 e. The molecule has 0 spiro atoms. The Bertz CT molecular complexity index is 490. The zero-order valence-corrected chi connectivity index (χ0v) is 10.6. The van der Waals surface area contributed by atoms with Crippen LogP contribution in [-0.2, 0) is 16.1 Å². The first-order valence-electron chi connectivity index (χ1n) is 5.60. The molecule has 6 heteroatoms. The van der Waals surface area contributed by atoms with E-state index in [1.165, 1.54) is 11.8 Å². The Morgan fingerprint density at radius 1 is 1.50 bits per heavy atom. The first-order valence-corrected chi connectivity index (χ1v) is 6.58. The van der Waals surface area contributed by atoms with Gasteiger partial charge < -0.3 is 15.7 Å². The molecule has 0 saturated heterocycles. The number of fused-ring (bicyclic) bond motifs is 1. The SMILES string of the molecule is NCc1ccc2c(c1)N(CCC(=O)O)C(=O)CS2. The molecule has 1 amide bonds. The highest BCUT2D eigenvalue weighted by Gasteiger charge is 2.25. The summed E-state index contributed by atoms with van der Waals surface area (Å²) in [6, 6.07) is 5.72. The van der Waals surface area contributed by atoms with Gasteiger partial charge in [-0.3, -0.25) is 9.59 Å². The van der Waals surface area contributed by atoms with E-state index in [1.807, 2.05) is 18.2 Å². The van der Waals surface area contributed by atoms with E-state index in [1.54, 1.807) is 4.90 Å². The number of aliphatic carboxylic acids is 1. The first-order chi connectivity index (χ1) is 8.61. The molecule has 1 aromatic rings. The number of carboxylic acids is 1. The lowest BCUT2D eigenvalue weighted by molar-refractivity contribution is -0.136. The number of hydrogen-bond acceptors (Lipinski definition) is 4. The summed E-state index contributed by atoms with van der Waals surface area (Å²) in [5.41, 5.74) is 7.29. The van der Waals surface area contributed by atoms with Crippen LogP contribution in [0.4, 0.5) is 5.69 Å². The van der Waals surface area contributed by atoms with Crippen LogP contribution >= 0.6 is 11.8 Å². The van der Waals surface area contributed by atoms with Gasteiger partial charge in [0.2, 0.25) is 5.91 Å². The highest BCUT2D eigenvalue weighted by atomic mass is 32.2. The van der Waals surface area contributed by atoms with Crippen molar-refractivity contribution in [1.82, 2.24) is 0 Å². The fourth-order valence-corrected chi connectivity index (χ4v) is 2.74. The van der Waals surface area contributed by atoms with Gasteiger partial charge in [0, 0.05) is 18.0 Å². The molecular weight excluding hydrogens is 252 g/mol. The zero-order chi connectivity index (χ0) is 13.1. The van der Waals surface area contributed by atoms with E-state index < -0.39 is 5.97 Å². The van der Waals surface area contributed by atoms with Gasteiger partial charge in [-0.25, -0.2) is 0 Å². The molecular formula is C12H14N2O3S. The van der Waals surface area contributed by atoms with Crippen LogP contribution < -0.4 is 10.6 Å². The Kier molecular flexibility index (Phi) is 3.88. The molecule has 1 aliphatic heterocycles. The Labute approximate surface area is 109 Å². The number of amides is 1. The van der Waals surface area contributed by atoms with E-state index in [-0.39, 0.29) is 18.9 Å². The van der Waals surface area contributed by atoms with Gasteiger partial charge in [-0.05, 0) is 17.7 Å². The topological polar surface area (TPSA) is 83.6 Å². The van der Waals surface area contributed by atoms with Crippen molar-refractivity contribution in [1.29, 1.82) is 0 Å². The average Bonchev–Trinajstić information content (AvgIpc) is 2.36. The molecule has 0 fully saturated rings. The number of benzene rings is 1. The third-order valence-electron chi connectivity index (χ3n) is 2.75. The molecule has 0 atom stereocenters. The lowest BCUT2D eigenvalue weighted by atomic mass is 10.1. The molecule has 0 saturated carbocycles. The van der Waals surface area contributed by atoms with Crippen molar-refractivity contribution >= 4 is 29.3 Å². The van der Waals surface area contributed by atoms with Crippen molar-refractivity contribution in [3.63, 3.8) is 0 Å². The summed E-state index contributed by atoms with van der Waals surface area (Å²) < 4.78 is 0. The summed E-state index contributed by atoms with van der Waals surface area (Å²) in [5.74, 6) is -0.602. The van der Waals surface area contributed by atoms with Gasteiger partial charge in [0.1, 0.15) is 0 Å². The molecule has 1 heterocycles. The predicted molar refractivity (Wildman–Crippen MR) is 69.7 cm³/mol. The van der Waals surface area contributed by atoms with E-state index in [2.05, 4.69) is 0 Å². The Balaban J connectivity index is 2.29. The summed E-state index contributed by atoms with van der Waals surface area (Å²) in [4.78, 5) is 25.0. The minimum absolute atomic E-state index is 0.0529. The van der Waals surface area contributed by atoms with E-state index >= 15 is 0 Å². The van der Waals surface area contributed by atoms with Gasteiger partial charge in [-0.15, -0.1) is 11.8 Å². The minimum atomic E-state index is -0.905. The number of carbonyl (C=O) groups is 2. The van der Waals surface area contributed by atoms with Crippen molar-refractivity contribution in [2.24, 2.45) is 5.73 Å². The lowest BCUT2D eigenvalue weighted by Crippen LogP contribution is -2.37. The zero-order valence-electron chi connectivity index (χ0n) is 9.76. The van der Waals surface area contributed by atoms with Crippen LogP contribution in [0.15, 0.2) is 23.1 Å². The average molecular weight is 266 g/mol. The van der Waals surface area contributed by atoms with Gasteiger partial charge in [0.15, 0.2) is 0 Å². The molecule has 0 aliphatic carbocycles. The number of anilines is 1. The van der Waals surface area contributed by atoms with Crippen LogP contribution in [0.25, 0.3) is 0 Å². The monoisotopic (exact) mass is 266 g/mol. The highest BCUT2D eigenvalue weighted by molar-refractivity contribution is 8.00. The maximum Gasteiger partial charge on any atom is 0.305 e. The molecule has 0 radical (unpaired) electrons. The third-order valence-corrected chi connectivity index (χ3v) is 3.80. The second kappa shape index (κ2) is 5.41. The number of hydrogen-bond donors (Lipinski definition) is 2. The quantitative estimate of drug-likeness (QED) is 0.851. The molecule has 5 nitrogen and oxygen atoms in total. The first kappa shape index (κ1) is 12.9. The van der Waals surface area contributed by atoms with Crippen molar-refractivity contribution in [2.75, 3.05) is 17.2 Å². The fourth-order valence-electron chi connectivity index (χ4n) is 1.83. The van der Waals surface area contributed by atoms with E-state index in [0.717, 1.165) is 16.1 Å². The molecule has 0 bridgehead atoms. The van der Waals surface area contributed by atoms with Crippen LogP contribution in [0.1, 0.15) is 12.0 Å².